The van der Waals surface area contributed by atoms with E-state index in [-0.39, 0.29) is 12.8 Å². The van der Waals surface area contributed by atoms with E-state index in [0.29, 0.717) is 18.8 Å². The summed E-state index contributed by atoms with van der Waals surface area (Å²) in [6.07, 6.45) is 1.70. The minimum atomic E-state index is -3.52. The Balaban J connectivity index is 1.72. The molecule has 1 aromatic carbocycles. The van der Waals surface area contributed by atoms with Gasteiger partial charge >= 0.3 is 0 Å². The lowest BCUT2D eigenvalue weighted by Gasteiger charge is -2.34. The Morgan fingerprint density at radius 1 is 1.19 bits per heavy atom. The summed E-state index contributed by atoms with van der Waals surface area (Å²) in [6, 6.07) is 7.14. The second-order valence-corrected chi connectivity index (χ2v) is 9.65. The van der Waals surface area contributed by atoms with E-state index in [0.717, 1.165) is 22.8 Å². The molecule has 9 heteroatoms. The van der Waals surface area contributed by atoms with Crippen molar-refractivity contribution in [1.29, 1.82) is 0 Å². The van der Waals surface area contributed by atoms with Gasteiger partial charge in [0.1, 0.15) is 0 Å². The van der Waals surface area contributed by atoms with Crippen LogP contribution in [-0.4, -0.2) is 43.4 Å². The molecule has 3 rings (SSSR count). The van der Waals surface area contributed by atoms with Crippen LogP contribution in [0.25, 0.3) is 0 Å². The monoisotopic (exact) mass is 394 g/mol. The highest BCUT2D eigenvalue weighted by atomic mass is 32.2. The van der Waals surface area contributed by atoms with Gasteiger partial charge in [-0.15, -0.1) is 11.3 Å². The lowest BCUT2D eigenvalue weighted by molar-refractivity contribution is -0.119. The van der Waals surface area contributed by atoms with Gasteiger partial charge in [-0.3, -0.25) is 4.79 Å². The van der Waals surface area contributed by atoms with E-state index in [2.05, 4.69) is 20.9 Å². The van der Waals surface area contributed by atoms with E-state index in [1.807, 2.05) is 24.4 Å². The van der Waals surface area contributed by atoms with E-state index in [9.17, 15) is 13.2 Å². The third-order valence-electron chi connectivity index (χ3n) is 4.55. The second kappa shape index (κ2) is 7.34. The van der Waals surface area contributed by atoms with Crippen molar-refractivity contribution in [2.24, 2.45) is 0 Å². The maximum Gasteiger partial charge on any atom is 0.245 e. The second-order valence-electron chi connectivity index (χ2n) is 6.47. The van der Waals surface area contributed by atoms with Crippen LogP contribution in [0.1, 0.15) is 18.5 Å². The maximum atomic E-state index is 12.8. The van der Waals surface area contributed by atoms with Gasteiger partial charge in [0, 0.05) is 23.0 Å². The summed E-state index contributed by atoms with van der Waals surface area (Å²) < 4.78 is 23.2. The molecule has 140 valence electrons. The number of benzene rings is 1. The first kappa shape index (κ1) is 18.8. The lowest BCUT2D eigenvalue weighted by Crippen LogP contribution is -2.55. The number of piperidine rings is 1. The maximum absolute atomic E-state index is 12.8. The van der Waals surface area contributed by atoms with Gasteiger partial charge in [-0.2, -0.15) is 0 Å². The number of carbonyl (C=O) groups excluding carboxylic acids is 1. The fraction of sp³-hybridized carbons (Fsp3) is 0.412. The van der Waals surface area contributed by atoms with Crippen LogP contribution >= 0.6 is 11.3 Å². The number of carbonyl (C=O) groups is 1. The molecule has 2 aromatic rings. The van der Waals surface area contributed by atoms with Crippen LogP contribution in [0.5, 0.6) is 0 Å². The number of hydrogen-bond donors (Lipinski definition) is 3. The molecule has 7 nitrogen and oxygen atoms in total. The summed E-state index contributed by atoms with van der Waals surface area (Å²) in [4.78, 5) is 17.1. The molecule has 26 heavy (non-hydrogen) atoms. The predicted octanol–water partition coefficient (Wildman–Crippen LogP) is 2.30. The molecular formula is C17H22N4O3S2. The molecule has 0 bridgehead atoms. The van der Waals surface area contributed by atoms with E-state index >= 15 is 0 Å². The first-order chi connectivity index (χ1) is 12.3. The number of nitrogens with zero attached hydrogens (tertiary/aromatic N) is 1. The van der Waals surface area contributed by atoms with Gasteiger partial charge in [0.15, 0.2) is 19.7 Å². The van der Waals surface area contributed by atoms with Crippen molar-refractivity contribution in [2.45, 2.75) is 24.5 Å². The number of nitrogens with one attached hydrogen (secondary N) is 3. The number of aromatic nitrogens is 1. The van der Waals surface area contributed by atoms with Crippen molar-refractivity contribution < 1.29 is 13.2 Å². The third kappa shape index (κ3) is 3.89. The molecule has 0 radical (unpaired) electrons. The highest BCUT2D eigenvalue weighted by Gasteiger charge is 2.48. The Bertz CT molecular complexity index is 885. The van der Waals surface area contributed by atoms with Crippen LogP contribution in [0.4, 0.5) is 16.5 Å². The average Bonchev–Trinajstić information content (AvgIpc) is 3.01. The van der Waals surface area contributed by atoms with Crippen molar-refractivity contribution in [1.82, 2.24) is 10.3 Å². The molecule has 2 heterocycles. The topological polar surface area (TPSA) is 100 Å². The Kier molecular flexibility index (Phi) is 5.31. The number of anilines is 3. The number of amides is 1. The quantitative estimate of drug-likeness (QED) is 0.720. The Labute approximate surface area is 157 Å². The summed E-state index contributed by atoms with van der Waals surface area (Å²) in [5.74, 6) is -0.460. The number of aryl methyl sites for hydroxylation is 1. The zero-order valence-electron chi connectivity index (χ0n) is 14.7. The molecule has 1 saturated heterocycles. The van der Waals surface area contributed by atoms with Crippen LogP contribution in [0, 0.1) is 6.92 Å². The highest BCUT2D eigenvalue weighted by molar-refractivity contribution is 7.92. The predicted molar refractivity (Wildman–Crippen MR) is 105 cm³/mol. The van der Waals surface area contributed by atoms with Crippen molar-refractivity contribution in [2.75, 3.05) is 30.0 Å². The summed E-state index contributed by atoms with van der Waals surface area (Å²) >= 11 is 1.52. The molecule has 0 spiro atoms. The van der Waals surface area contributed by atoms with Crippen molar-refractivity contribution in [3.8, 4) is 0 Å². The largest absolute Gasteiger partial charge is 0.332 e. The number of thiazole rings is 1. The number of sulfone groups is 1. The smallest absolute Gasteiger partial charge is 0.245 e. The van der Waals surface area contributed by atoms with Gasteiger partial charge < -0.3 is 16.0 Å². The van der Waals surface area contributed by atoms with Gasteiger partial charge in [-0.1, -0.05) is 0 Å². The standard InChI is InChI=1S/C17H22N4O3S2/c1-12-11-25-16(19-12)21-14-5-3-13(4-6-14)20-15(22)17(26(2,23)24)7-9-18-10-8-17/h3-6,11,18H,7-10H2,1-2H3,(H,19,21)(H,20,22). The van der Waals surface area contributed by atoms with Crippen LogP contribution in [0.3, 0.4) is 0 Å². The van der Waals surface area contributed by atoms with Crippen LogP contribution in [0.2, 0.25) is 0 Å². The molecule has 0 saturated carbocycles. The zero-order valence-corrected chi connectivity index (χ0v) is 16.3. The molecule has 1 aliphatic rings. The van der Waals surface area contributed by atoms with Crippen molar-refractivity contribution >= 4 is 43.6 Å². The van der Waals surface area contributed by atoms with E-state index in [1.54, 1.807) is 12.1 Å². The van der Waals surface area contributed by atoms with Crippen molar-refractivity contribution in [3.63, 3.8) is 0 Å². The van der Waals surface area contributed by atoms with E-state index in [1.165, 1.54) is 11.3 Å². The Morgan fingerprint density at radius 2 is 1.81 bits per heavy atom. The highest BCUT2D eigenvalue weighted by Crippen LogP contribution is 2.30. The fourth-order valence-corrected chi connectivity index (χ4v) is 5.06. The van der Waals surface area contributed by atoms with Gasteiger partial charge in [0.25, 0.3) is 0 Å². The molecular weight excluding hydrogens is 372 g/mol. The van der Waals surface area contributed by atoms with Crippen LogP contribution in [0.15, 0.2) is 29.6 Å². The zero-order chi connectivity index (χ0) is 18.8. The molecule has 1 amide bonds. The van der Waals surface area contributed by atoms with E-state index < -0.39 is 20.5 Å². The minimum Gasteiger partial charge on any atom is -0.332 e. The first-order valence-corrected chi connectivity index (χ1v) is 11.1. The summed E-state index contributed by atoms with van der Waals surface area (Å²) in [5, 5.41) is 11.8. The molecule has 3 N–H and O–H groups in total. The fourth-order valence-electron chi connectivity index (χ4n) is 3.01. The molecule has 0 unspecified atom stereocenters. The van der Waals surface area contributed by atoms with Crippen LogP contribution in [-0.2, 0) is 14.6 Å². The summed E-state index contributed by atoms with van der Waals surface area (Å²) in [7, 11) is -3.52. The number of hydrogen-bond acceptors (Lipinski definition) is 7. The van der Waals surface area contributed by atoms with Gasteiger partial charge in [-0.05, 0) is 57.1 Å². The van der Waals surface area contributed by atoms with Gasteiger partial charge in [0.2, 0.25) is 5.91 Å². The van der Waals surface area contributed by atoms with Crippen LogP contribution < -0.4 is 16.0 Å². The first-order valence-electron chi connectivity index (χ1n) is 8.31. The SMILES string of the molecule is Cc1csc(Nc2ccc(NC(=O)C3(S(C)(=O)=O)CCNCC3)cc2)n1. The molecule has 1 aromatic heterocycles. The Hall–Kier alpha value is -1.97. The lowest BCUT2D eigenvalue weighted by atomic mass is 9.95. The molecule has 0 aliphatic carbocycles. The van der Waals surface area contributed by atoms with Crippen molar-refractivity contribution in [3.05, 3.63) is 35.3 Å². The number of rotatable bonds is 5. The Morgan fingerprint density at radius 3 is 2.35 bits per heavy atom. The normalized spacial score (nSPS) is 16.8. The average molecular weight is 395 g/mol. The summed E-state index contributed by atoms with van der Waals surface area (Å²) in [6.45, 7) is 2.95. The molecule has 1 aliphatic heterocycles. The molecule has 0 atom stereocenters. The van der Waals surface area contributed by atoms with Gasteiger partial charge in [-0.25, -0.2) is 13.4 Å². The molecule has 1 fully saturated rings. The van der Waals surface area contributed by atoms with E-state index in [4.69, 9.17) is 0 Å². The van der Waals surface area contributed by atoms with Gasteiger partial charge in [0.05, 0.1) is 5.69 Å². The minimum absolute atomic E-state index is 0.278. The third-order valence-corrected chi connectivity index (χ3v) is 7.44. The summed E-state index contributed by atoms with van der Waals surface area (Å²) in [5.41, 5.74) is 2.36.